The monoisotopic (exact) mass is 347 g/mol. The van der Waals surface area contributed by atoms with Gasteiger partial charge in [-0.05, 0) is 57.7 Å². The molecule has 2 rings (SSSR count). The van der Waals surface area contributed by atoms with Crippen LogP contribution in [0.5, 0.6) is 0 Å². The predicted molar refractivity (Wildman–Crippen MR) is 102 cm³/mol. The Hall–Kier alpha value is -1.62. The molecule has 0 radical (unpaired) electrons. The molecule has 25 heavy (non-hydrogen) atoms. The number of carbonyl (C=O) groups excluding carboxylic acids is 1. The maximum Gasteiger partial charge on any atom is 0.415 e. The summed E-state index contributed by atoms with van der Waals surface area (Å²) in [7, 11) is 1.70. The molecule has 5 nitrogen and oxygen atoms in total. The molecular weight excluding hydrogens is 314 g/mol. The topological polar surface area (TPSA) is 45.7 Å². The molecule has 0 unspecified atom stereocenters. The van der Waals surface area contributed by atoms with Crippen molar-refractivity contribution in [1.82, 2.24) is 9.88 Å². The second-order valence-electron chi connectivity index (χ2n) is 8.39. The highest BCUT2D eigenvalue weighted by Gasteiger charge is 2.25. The zero-order valence-electron chi connectivity index (χ0n) is 16.6. The highest BCUT2D eigenvalue weighted by Crippen LogP contribution is 2.31. The van der Waals surface area contributed by atoms with E-state index in [0.29, 0.717) is 17.8 Å². The molecular formula is C20H33N3O2. The van der Waals surface area contributed by atoms with Crippen LogP contribution in [0.3, 0.4) is 0 Å². The minimum absolute atomic E-state index is 0.383. The second-order valence-corrected chi connectivity index (χ2v) is 8.39. The Kier molecular flexibility index (Phi) is 6.44. The fourth-order valence-corrected chi connectivity index (χ4v) is 3.27. The van der Waals surface area contributed by atoms with Crippen LogP contribution in [0.15, 0.2) is 18.3 Å². The van der Waals surface area contributed by atoms with Crippen LogP contribution in [0, 0.1) is 5.92 Å². The highest BCUT2D eigenvalue weighted by atomic mass is 16.6. The first-order valence-electron chi connectivity index (χ1n) is 9.34. The van der Waals surface area contributed by atoms with Crippen LogP contribution >= 0.6 is 0 Å². The fraction of sp³-hybridized carbons (Fsp3) is 0.700. The fourth-order valence-electron chi connectivity index (χ4n) is 3.27. The lowest BCUT2D eigenvalue weighted by atomic mass is 9.95. The number of likely N-dealkylation sites (tertiary alicyclic amines) is 1. The predicted octanol–water partition coefficient (Wildman–Crippen LogP) is 4.64. The van der Waals surface area contributed by atoms with Gasteiger partial charge >= 0.3 is 6.09 Å². The average molecular weight is 348 g/mol. The third-order valence-electron chi connectivity index (χ3n) is 4.38. The maximum atomic E-state index is 12.2. The number of nitrogens with zero attached hydrogens (tertiary/aromatic N) is 3. The molecule has 1 aromatic heterocycles. The van der Waals surface area contributed by atoms with Gasteiger partial charge in [0.1, 0.15) is 11.4 Å². The number of rotatable bonds is 4. The molecule has 1 saturated heterocycles. The van der Waals surface area contributed by atoms with E-state index < -0.39 is 5.60 Å². The summed E-state index contributed by atoms with van der Waals surface area (Å²) >= 11 is 0. The van der Waals surface area contributed by atoms with Gasteiger partial charge in [0.25, 0.3) is 0 Å². The number of anilines is 1. The molecule has 0 bridgehead atoms. The number of aromatic nitrogens is 1. The third kappa shape index (κ3) is 5.70. The van der Waals surface area contributed by atoms with Crippen LogP contribution in [0.4, 0.5) is 10.6 Å². The molecule has 1 aromatic rings. The van der Waals surface area contributed by atoms with Gasteiger partial charge in [-0.1, -0.05) is 26.3 Å². The van der Waals surface area contributed by atoms with Gasteiger partial charge in [-0.2, -0.15) is 0 Å². The Morgan fingerprint density at radius 1 is 1.36 bits per heavy atom. The van der Waals surface area contributed by atoms with Gasteiger partial charge in [0.05, 0.1) is 0 Å². The van der Waals surface area contributed by atoms with E-state index in [1.165, 1.54) is 29.7 Å². The number of hydrogen-bond acceptors (Lipinski definition) is 4. The highest BCUT2D eigenvalue weighted by molar-refractivity contribution is 5.85. The van der Waals surface area contributed by atoms with E-state index >= 15 is 0 Å². The zero-order valence-corrected chi connectivity index (χ0v) is 16.6. The summed E-state index contributed by atoms with van der Waals surface area (Å²) in [6.45, 7) is 12.4. The molecule has 5 heteroatoms. The summed E-state index contributed by atoms with van der Waals surface area (Å²) in [5.74, 6) is 1.27. The van der Waals surface area contributed by atoms with Gasteiger partial charge in [0, 0.05) is 25.8 Å². The summed E-state index contributed by atoms with van der Waals surface area (Å²) in [4.78, 5) is 20.7. The Labute approximate surface area is 152 Å². The summed E-state index contributed by atoms with van der Waals surface area (Å²) in [5, 5.41) is 0. The van der Waals surface area contributed by atoms with Crippen LogP contribution < -0.4 is 4.90 Å². The molecule has 0 N–H and O–H groups in total. The average Bonchev–Trinajstić information content (AvgIpc) is 2.53. The molecule has 1 atom stereocenters. The van der Waals surface area contributed by atoms with Crippen molar-refractivity contribution in [3.63, 3.8) is 0 Å². The van der Waals surface area contributed by atoms with Crippen molar-refractivity contribution in [3.8, 4) is 0 Å². The van der Waals surface area contributed by atoms with E-state index in [9.17, 15) is 4.79 Å². The van der Waals surface area contributed by atoms with Gasteiger partial charge in [0.2, 0.25) is 0 Å². The molecule has 1 amide bonds. The van der Waals surface area contributed by atoms with E-state index in [2.05, 4.69) is 29.8 Å². The van der Waals surface area contributed by atoms with Gasteiger partial charge in [0.15, 0.2) is 0 Å². The second kappa shape index (κ2) is 8.17. The van der Waals surface area contributed by atoms with E-state index in [1.54, 1.807) is 7.05 Å². The molecule has 0 aliphatic carbocycles. The lowest BCUT2D eigenvalue weighted by molar-refractivity contribution is 0.0588. The molecule has 0 aromatic carbocycles. The van der Waals surface area contributed by atoms with Gasteiger partial charge in [-0.15, -0.1) is 0 Å². The van der Waals surface area contributed by atoms with Crippen molar-refractivity contribution in [3.05, 3.63) is 23.9 Å². The lowest BCUT2D eigenvalue weighted by Crippen LogP contribution is -2.36. The summed E-state index contributed by atoms with van der Waals surface area (Å²) in [6, 6.07) is 4.46. The van der Waals surface area contributed by atoms with Crippen molar-refractivity contribution < 1.29 is 9.53 Å². The van der Waals surface area contributed by atoms with Crippen molar-refractivity contribution in [2.75, 3.05) is 25.0 Å². The zero-order chi connectivity index (χ0) is 18.6. The van der Waals surface area contributed by atoms with Gasteiger partial charge in [-0.3, -0.25) is 9.80 Å². The van der Waals surface area contributed by atoms with E-state index in [1.807, 2.05) is 33.0 Å². The van der Waals surface area contributed by atoms with Crippen LogP contribution in [0.2, 0.25) is 0 Å². The van der Waals surface area contributed by atoms with Crippen LogP contribution in [0.25, 0.3) is 0 Å². The molecule has 1 aliphatic rings. The van der Waals surface area contributed by atoms with Crippen molar-refractivity contribution in [1.29, 1.82) is 0 Å². The van der Waals surface area contributed by atoms with Crippen LogP contribution in [-0.2, 0) is 4.74 Å². The normalized spacial score (nSPS) is 19.1. The first-order chi connectivity index (χ1) is 11.7. The minimum atomic E-state index is -0.509. The number of ether oxygens (including phenoxy) is 1. The number of carbonyl (C=O) groups is 1. The van der Waals surface area contributed by atoms with E-state index in [4.69, 9.17) is 4.74 Å². The summed E-state index contributed by atoms with van der Waals surface area (Å²) in [5.41, 5.74) is 0.728. The quantitative estimate of drug-likeness (QED) is 0.796. The van der Waals surface area contributed by atoms with Crippen molar-refractivity contribution >= 4 is 11.9 Å². The number of hydrogen-bond donors (Lipinski definition) is 0. The smallest absolute Gasteiger partial charge is 0.415 e. The standard InChI is InChI=1S/C20H33N3O2/c1-15(2)14-23-12-8-7-9-17(23)16-10-11-18(21-13-16)22(6)19(24)25-20(3,4)5/h10-11,13,15,17H,7-9,12,14H2,1-6H3/t17-/m1/s1. The Balaban J connectivity index is 2.09. The first kappa shape index (κ1) is 19.7. The third-order valence-corrected chi connectivity index (χ3v) is 4.38. The number of pyridine rings is 1. The van der Waals surface area contributed by atoms with E-state index in [0.717, 1.165) is 13.1 Å². The molecule has 1 aliphatic heterocycles. The van der Waals surface area contributed by atoms with Crippen molar-refractivity contribution in [2.45, 2.75) is 65.5 Å². The number of piperidine rings is 1. The molecule has 1 fully saturated rings. The summed E-state index contributed by atoms with van der Waals surface area (Å²) in [6.07, 6.45) is 5.25. The molecule has 2 heterocycles. The Morgan fingerprint density at radius 3 is 2.64 bits per heavy atom. The van der Waals surface area contributed by atoms with Gasteiger partial charge in [-0.25, -0.2) is 9.78 Å². The molecule has 0 saturated carbocycles. The first-order valence-corrected chi connectivity index (χ1v) is 9.34. The maximum absolute atomic E-state index is 12.2. The van der Waals surface area contributed by atoms with Crippen LogP contribution in [-0.4, -0.2) is 41.7 Å². The Bertz CT molecular complexity index is 563. The summed E-state index contributed by atoms with van der Waals surface area (Å²) < 4.78 is 5.40. The largest absolute Gasteiger partial charge is 0.443 e. The molecule has 0 spiro atoms. The van der Waals surface area contributed by atoms with Crippen molar-refractivity contribution in [2.24, 2.45) is 5.92 Å². The van der Waals surface area contributed by atoms with Gasteiger partial charge < -0.3 is 4.74 Å². The number of amides is 1. The minimum Gasteiger partial charge on any atom is -0.443 e. The lowest BCUT2D eigenvalue weighted by Gasteiger charge is -2.37. The SMILES string of the molecule is CC(C)CN1CCCC[C@@H]1c1ccc(N(C)C(=O)OC(C)(C)C)nc1. The van der Waals surface area contributed by atoms with Crippen LogP contribution in [0.1, 0.15) is 65.5 Å². The molecule has 140 valence electrons. The van der Waals surface area contributed by atoms with E-state index in [-0.39, 0.29) is 6.09 Å². The Morgan fingerprint density at radius 2 is 2.08 bits per heavy atom.